The Bertz CT molecular complexity index is 396. The fourth-order valence-corrected chi connectivity index (χ4v) is 9.32. The molecule has 4 fully saturated rings. The van der Waals surface area contributed by atoms with Crippen LogP contribution in [0.5, 0.6) is 0 Å². The maximum Gasteiger partial charge on any atom is 0.0733 e. The topological polar surface area (TPSA) is 14.1 Å². The van der Waals surface area contributed by atoms with Gasteiger partial charge in [0.25, 0.3) is 0 Å². The molecule has 1 aliphatic heterocycles. The van der Waals surface area contributed by atoms with Crippen LogP contribution in [0, 0.1) is 12.3 Å². The molecule has 5 atom stereocenters. The Morgan fingerprint density at radius 3 is 1.77 bits per heavy atom. The first-order chi connectivity index (χ1) is 14.8. The van der Waals surface area contributed by atoms with Crippen LogP contribution in [0.15, 0.2) is 0 Å². The van der Waals surface area contributed by atoms with E-state index in [0.29, 0.717) is 18.4 Å². The van der Waals surface area contributed by atoms with Gasteiger partial charge in [0.05, 0.1) is 6.17 Å². The third kappa shape index (κ3) is 12.1. The van der Waals surface area contributed by atoms with E-state index in [1.54, 1.807) is 44.4 Å². The van der Waals surface area contributed by atoms with Crippen molar-refractivity contribution in [1.82, 2.24) is 0 Å². The van der Waals surface area contributed by atoms with Gasteiger partial charge in [-0.3, -0.25) is 4.39 Å². The molecule has 4 rings (SSSR count). The molecular weight excluding hydrogens is 599 g/mol. The van der Waals surface area contributed by atoms with Crippen molar-refractivity contribution in [2.45, 2.75) is 133 Å². The minimum atomic E-state index is -0.570. The quantitative estimate of drug-likeness (QED) is 0.149. The summed E-state index contributed by atoms with van der Waals surface area (Å²) in [5.74, 6) is 0.590. The first kappa shape index (κ1) is 28.6. The molecule has 4 aliphatic rings. The van der Waals surface area contributed by atoms with E-state index in [4.69, 9.17) is 0 Å². The second-order valence-electron chi connectivity index (χ2n) is 10.2. The van der Waals surface area contributed by atoms with Crippen LogP contribution in [0.4, 0.5) is 4.39 Å². The first-order valence-electron chi connectivity index (χ1n) is 13.4. The zero-order chi connectivity index (χ0) is 20.9. The third-order valence-electron chi connectivity index (χ3n) is 7.70. The summed E-state index contributed by atoms with van der Waals surface area (Å²) in [4.78, 5) is 0. The van der Waals surface area contributed by atoms with Gasteiger partial charge < -0.3 is 11.7 Å². The zero-order valence-corrected chi connectivity index (χ0v) is 24.2. The molecule has 5 unspecified atom stereocenters. The fraction of sp³-hybridized carbons (Fsp3) is 0.962. The van der Waals surface area contributed by atoms with Crippen LogP contribution in [-0.2, 0) is 20.1 Å². The van der Waals surface area contributed by atoms with Gasteiger partial charge in [0.2, 0.25) is 0 Å². The molecule has 5 heteroatoms. The fourth-order valence-electron chi connectivity index (χ4n) is 5.76. The molecule has 1 radical (unpaired) electrons. The Balaban J connectivity index is 0.000000220. The van der Waals surface area contributed by atoms with Gasteiger partial charge in [-0.2, -0.15) is 12.0 Å². The second-order valence-corrected chi connectivity index (χ2v) is 13.7. The van der Waals surface area contributed by atoms with Gasteiger partial charge in [-0.15, -0.1) is 30.1 Å². The van der Waals surface area contributed by atoms with E-state index in [1.807, 2.05) is 0 Å². The summed E-state index contributed by atoms with van der Waals surface area (Å²) >= 11 is 0. The minimum Gasteiger partial charge on any atom is -0.661 e. The van der Waals surface area contributed by atoms with Crippen molar-refractivity contribution in [1.29, 1.82) is 0 Å². The van der Waals surface area contributed by atoms with Gasteiger partial charge in [-0.1, -0.05) is 64.2 Å². The van der Waals surface area contributed by atoms with Crippen molar-refractivity contribution in [2.75, 3.05) is 18.9 Å². The van der Waals surface area contributed by atoms with Crippen LogP contribution in [-0.4, -0.2) is 42.4 Å². The van der Waals surface area contributed by atoms with Gasteiger partial charge in [0.15, 0.2) is 0 Å². The normalized spacial score (nSPS) is 31.5. The molecule has 3 aliphatic carbocycles. The molecular formula is C26H48FIrNP2-2. The van der Waals surface area contributed by atoms with Gasteiger partial charge in [-0.05, 0) is 62.2 Å². The molecule has 1 heterocycles. The van der Waals surface area contributed by atoms with Crippen LogP contribution < -0.4 is 0 Å². The van der Waals surface area contributed by atoms with Crippen molar-refractivity contribution >= 4 is 17.2 Å². The van der Waals surface area contributed by atoms with Crippen molar-refractivity contribution in [3.63, 3.8) is 0 Å². The number of halogens is 1. The Morgan fingerprint density at radius 1 is 0.710 bits per heavy atom. The number of nitrogens with zero attached hydrogens (tertiary/aromatic N) is 1. The average Bonchev–Trinajstić information content (AvgIpc) is 2.82. The van der Waals surface area contributed by atoms with Crippen molar-refractivity contribution in [3.8, 4) is 0 Å². The number of rotatable bonds is 7. The van der Waals surface area contributed by atoms with Crippen LogP contribution >= 0.6 is 17.2 Å². The molecule has 1 saturated heterocycles. The largest absolute Gasteiger partial charge is 0.661 e. The number of alkyl halides is 1. The Morgan fingerprint density at radius 2 is 1.29 bits per heavy atom. The molecule has 0 N–H and O–H groups in total. The maximum atomic E-state index is 12.9. The predicted octanol–water partition coefficient (Wildman–Crippen LogP) is 8.65. The third-order valence-corrected chi connectivity index (χ3v) is 11.3. The van der Waals surface area contributed by atoms with Gasteiger partial charge >= 0.3 is 0 Å². The molecule has 0 aromatic carbocycles. The molecule has 1 nitrogen and oxygen atoms in total. The molecule has 185 valence electrons. The average molecular weight is 648 g/mol. The smallest absolute Gasteiger partial charge is 0.0733 e. The van der Waals surface area contributed by atoms with Crippen molar-refractivity contribution < 1.29 is 24.5 Å². The van der Waals surface area contributed by atoms with Crippen LogP contribution in [0.1, 0.15) is 109 Å². The Kier molecular flexibility index (Phi) is 16.4. The van der Waals surface area contributed by atoms with Gasteiger partial charge in [0.1, 0.15) is 0 Å². The second kappa shape index (κ2) is 17.8. The summed E-state index contributed by atoms with van der Waals surface area (Å²) in [7, 11) is 2.61. The standard InChI is InChI=1S/C15H30P2.C11H18FN.Ir/c1-3-8-14(9-4-1)16-12-7-13-17-15-10-5-2-6-11-15;12-10-6-4-9(5-7-10)11-3-1-2-8-13-11;/h14-17H,1-13H2;4,9-11H,1-3,5-8H2;/q;-2;. The molecule has 0 spiro atoms. The molecule has 31 heavy (non-hydrogen) atoms. The molecule has 0 amide bonds. The van der Waals surface area contributed by atoms with Crippen LogP contribution in [0.25, 0.3) is 5.32 Å². The van der Waals surface area contributed by atoms with E-state index < -0.39 is 6.17 Å². The van der Waals surface area contributed by atoms with Crippen LogP contribution in [0.3, 0.4) is 0 Å². The van der Waals surface area contributed by atoms with Crippen LogP contribution in [0.2, 0.25) is 0 Å². The Labute approximate surface area is 210 Å². The number of piperidine rings is 1. The predicted molar refractivity (Wildman–Crippen MR) is 137 cm³/mol. The molecule has 0 aromatic rings. The summed E-state index contributed by atoms with van der Waals surface area (Å²) in [6.07, 6.45) is 27.9. The van der Waals surface area contributed by atoms with E-state index in [1.165, 1.54) is 74.9 Å². The van der Waals surface area contributed by atoms with E-state index in [9.17, 15) is 4.39 Å². The summed E-state index contributed by atoms with van der Waals surface area (Å²) < 4.78 is 12.9. The van der Waals surface area contributed by atoms with Gasteiger partial charge in [-0.25, -0.2) is 0 Å². The SMILES string of the molecule is C1CCC(PCCCPC2CCCCC2)CC1.FC1C[CH-]C(C2CCCC[N-]2)CC1.[Ir]. The summed E-state index contributed by atoms with van der Waals surface area (Å²) in [6, 6.07) is 0.529. The maximum absolute atomic E-state index is 12.9. The molecule has 0 bridgehead atoms. The summed E-state index contributed by atoms with van der Waals surface area (Å²) in [5, 5.41) is 4.62. The zero-order valence-electron chi connectivity index (χ0n) is 19.8. The van der Waals surface area contributed by atoms with E-state index in [2.05, 4.69) is 11.7 Å². The summed E-state index contributed by atoms with van der Waals surface area (Å²) in [6.45, 7) is 1.04. The van der Waals surface area contributed by atoms with E-state index >= 15 is 0 Å². The van der Waals surface area contributed by atoms with E-state index in [-0.39, 0.29) is 20.1 Å². The minimum absolute atomic E-state index is 0. The molecule has 3 saturated carbocycles. The molecule has 0 aromatic heterocycles. The van der Waals surface area contributed by atoms with E-state index in [0.717, 1.165) is 30.7 Å². The monoisotopic (exact) mass is 648 g/mol. The Hall–Kier alpha value is 1.40. The number of hydrogen-bond acceptors (Lipinski definition) is 0. The van der Waals surface area contributed by atoms with Crippen molar-refractivity contribution in [3.05, 3.63) is 11.7 Å². The van der Waals surface area contributed by atoms with Gasteiger partial charge in [0, 0.05) is 20.1 Å². The number of hydrogen-bond donors (Lipinski definition) is 0. The first-order valence-corrected chi connectivity index (χ1v) is 16.0. The summed E-state index contributed by atoms with van der Waals surface area (Å²) in [5.41, 5.74) is 2.28. The van der Waals surface area contributed by atoms with Crippen molar-refractivity contribution in [2.24, 2.45) is 5.92 Å².